The molecule has 0 aliphatic rings. The standard InChI is InChI=1S/C13H7BrCl3NO3/c14-6-7-2-1-3-9(15)12(7)21-13-10(16)4-8(18(19)20)5-11(13)17/h1-5H,6H2. The van der Waals surface area contributed by atoms with E-state index >= 15 is 0 Å². The van der Waals surface area contributed by atoms with Crippen molar-refractivity contribution in [2.24, 2.45) is 0 Å². The van der Waals surface area contributed by atoms with Crippen molar-refractivity contribution in [3.8, 4) is 11.5 Å². The summed E-state index contributed by atoms with van der Waals surface area (Å²) in [6.07, 6.45) is 0. The zero-order chi connectivity index (χ0) is 15.6. The van der Waals surface area contributed by atoms with E-state index in [1.54, 1.807) is 12.1 Å². The highest BCUT2D eigenvalue weighted by atomic mass is 79.9. The van der Waals surface area contributed by atoms with E-state index in [2.05, 4.69) is 15.9 Å². The molecule has 2 rings (SSSR count). The van der Waals surface area contributed by atoms with Crippen LogP contribution in [0.5, 0.6) is 11.5 Å². The maximum atomic E-state index is 10.7. The predicted molar refractivity (Wildman–Crippen MR) is 87.3 cm³/mol. The van der Waals surface area contributed by atoms with E-state index in [4.69, 9.17) is 39.5 Å². The first kappa shape index (κ1) is 16.4. The van der Waals surface area contributed by atoms with Crippen LogP contribution in [0.3, 0.4) is 0 Å². The van der Waals surface area contributed by atoms with Gasteiger partial charge >= 0.3 is 0 Å². The number of nitro benzene ring substituents is 1. The third kappa shape index (κ3) is 3.61. The summed E-state index contributed by atoms with van der Waals surface area (Å²) in [5.74, 6) is 0.521. The van der Waals surface area contributed by atoms with Crippen LogP contribution in [0, 0.1) is 10.1 Å². The molecule has 4 nitrogen and oxygen atoms in total. The minimum atomic E-state index is -0.582. The summed E-state index contributed by atoms with van der Waals surface area (Å²) in [5, 5.41) is 11.7. The predicted octanol–water partition coefficient (Wildman–Crippen LogP) is 6.24. The summed E-state index contributed by atoms with van der Waals surface area (Å²) in [7, 11) is 0. The lowest BCUT2D eigenvalue weighted by atomic mass is 10.2. The molecule has 0 atom stereocenters. The summed E-state index contributed by atoms with van der Waals surface area (Å²) in [6.45, 7) is 0. The number of ether oxygens (including phenoxy) is 1. The monoisotopic (exact) mass is 409 g/mol. The number of alkyl halides is 1. The van der Waals surface area contributed by atoms with Gasteiger partial charge in [-0.25, -0.2) is 0 Å². The molecule has 0 heterocycles. The fraction of sp³-hybridized carbons (Fsp3) is 0.0769. The molecule has 0 bridgehead atoms. The molecule has 0 N–H and O–H groups in total. The Hall–Kier alpha value is -1.01. The van der Waals surface area contributed by atoms with Gasteiger partial charge < -0.3 is 4.74 Å². The lowest BCUT2D eigenvalue weighted by Gasteiger charge is -2.13. The Bertz CT molecular complexity index is 686. The Labute approximate surface area is 143 Å². The normalized spacial score (nSPS) is 10.5. The number of benzene rings is 2. The van der Waals surface area contributed by atoms with Crippen molar-refractivity contribution in [3.63, 3.8) is 0 Å². The fourth-order valence-electron chi connectivity index (χ4n) is 1.62. The third-order valence-electron chi connectivity index (χ3n) is 2.59. The Morgan fingerprint density at radius 2 is 1.71 bits per heavy atom. The molecule has 0 fully saturated rings. The number of nitro groups is 1. The van der Waals surface area contributed by atoms with E-state index in [9.17, 15) is 10.1 Å². The molecule has 0 aliphatic heterocycles. The second-order valence-electron chi connectivity index (χ2n) is 3.96. The van der Waals surface area contributed by atoms with Crippen molar-refractivity contribution in [2.45, 2.75) is 5.33 Å². The van der Waals surface area contributed by atoms with Crippen LogP contribution in [-0.4, -0.2) is 4.92 Å². The molecular formula is C13H7BrCl3NO3. The quantitative estimate of drug-likeness (QED) is 0.340. The Balaban J connectivity index is 2.48. The SMILES string of the molecule is O=[N+]([O-])c1cc(Cl)c(Oc2c(Cl)cccc2CBr)c(Cl)c1. The van der Waals surface area contributed by atoms with Gasteiger partial charge in [-0.1, -0.05) is 62.9 Å². The first-order valence-electron chi connectivity index (χ1n) is 5.58. The van der Waals surface area contributed by atoms with Gasteiger partial charge in [0.2, 0.25) is 0 Å². The van der Waals surface area contributed by atoms with Crippen LogP contribution in [0.2, 0.25) is 15.1 Å². The first-order valence-corrected chi connectivity index (χ1v) is 7.84. The van der Waals surface area contributed by atoms with Gasteiger partial charge in [0.25, 0.3) is 5.69 Å². The number of nitrogens with zero attached hydrogens (tertiary/aromatic N) is 1. The number of halogens is 4. The van der Waals surface area contributed by atoms with E-state index in [1.807, 2.05) is 6.07 Å². The van der Waals surface area contributed by atoms with E-state index < -0.39 is 4.92 Å². The van der Waals surface area contributed by atoms with Crippen LogP contribution < -0.4 is 4.74 Å². The Morgan fingerprint density at radius 3 is 2.24 bits per heavy atom. The zero-order valence-electron chi connectivity index (χ0n) is 10.3. The maximum Gasteiger partial charge on any atom is 0.272 e. The van der Waals surface area contributed by atoms with Crippen LogP contribution in [0.25, 0.3) is 0 Å². The average molecular weight is 411 g/mol. The molecule has 21 heavy (non-hydrogen) atoms. The van der Waals surface area contributed by atoms with Crippen LogP contribution in [0.4, 0.5) is 5.69 Å². The average Bonchev–Trinajstić information content (AvgIpc) is 2.43. The fourth-order valence-corrected chi connectivity index (χ4v) is 2.85. The number of non-ortho nitro benzene ring substituents is 1. The van der Waals surface area contributed by atoms with Crippen molar-refractivity contribution in [2.75, 3.05) is 0 Å². The molecule has 0 amide bonds. The van der Waals surface area contributed by atoms with Crippen LogP contribution in [0.1, 0.15) is 5.56 Å². The number of para-hydroxylation sites is 1. The van der Waals surface area contributed by atoms with E-state index in [1.165, 1.54) is 12.1 Å². The minimum absolute atomic E-state index is 0.0367. The molecule has 0 spiro atoms. The summed E-state index contributed by atoms with van der Waals surface area (Å²) < 4.78 is 5.68. The molecule has 0 radical (unpaired) electrons. The summed E-state index contributed by atoms with van der Waals surface area (Å²) in [4.78, 5) is 10.2. The second-order valence-corrected chi connectivity index (χ2v) is 5.74. The second kappa shape index (κ2) is 6.83. The summed E-state index contributed by atoms with van der Waals surface area (Å²) >= 11 is 21.4. The van der Waals surface area contributed by atoms with Crippen molar-refractivity contribution in [3.05, 3.63) is 61.1 Å². The van der Waals surface area contributed by atoms with Gasteiger partial charge in [-0.15, -0.1) is 0 Å². The maximum absolute atomic E-state index is 10.7. The van der Waals surface area contributed by atoms with Gasteiger partial charge in [0, 0.05) is 23.0 Å². The highest BCUT2D eigenvalue weighted by Crippen LogP contribution is 2.42. The molecule has 0 saturated heterocycles. The highest BCUT2D eigenvalue weighted by Gasteiger charge is 2.18. The van der Waals surface area contributed by atoms with Gasteiger partial charge in [0.15, 0.2) is 5.75 Å². The van der Waals surface area contributed by atoms with Crippen LogP contribution in [0.15, 0.2) is 30.3 Å². The molecule has 110 valence electrons. The minimum Gasteiger partial charge on any atom is -0.452 e. The lowest BCUT2D eigenvalue weighted by Crippen LogP contribution is -1.94. The van der Waals surface area contributed by atoms with Crippen molar-refractivity contribution in [1.29, 1.82) is 0 Å². The summed E-state index contributed by atoms with van der Waals surface area (Å²) in [5.41, 5.74) is 0.588. The molecule has 0 aromatic heterocycles. The topological polar surface area (TPSA) is 52.4 Å². The van der Waals surface area contributed by atoms with Gasteiger partial charge in [0.1, 0.15) is 5.75 Å². The van der Waals surface area contributed by atoms with Crippen LogP contribution >= 0.6 is 50.7 Å². The Kier molecular flexibility index (Phi) is 5.32. The van der Waals surface area contributed by atoms with Gasteiger partial charge in [-0.2, -0.15) is 0 Å². The molecular weight excluding hydrogens is 404 g/mol. The molecule has 0 saturated carbocycles. The number of hydrogen-bond donors (Lipinski definition) is 0. The first-order chi connectivity index (χ1) is 9.93. The molecule has 2 aromatic carbocycles. The van der Waals surface area contributed by atoms with E-state index in [0.29, 0.717) is 16.1 Å². The molecule has 8 heteroatoms. The molecule has 2 aromatic rings. The van der Waals surface area contributed by atoms with Gasteiger partial charge in [-0.3, -0.25) is 10.1 Å². The third-order valence-corrected chi connectivity index (χ3v) is 4.05. The molecule has 0 unspecified atom stereocenters. The lowest BCUT2D eigenvalue weighted by molar-refractivity contribution is -0.384. The number of rotatable bonds is 4. The van der Waals surface area contributed by atoms with Gasteiger partial charge in [0.05, 0.1) is 20.0 Å². The zero-order valence-corrected chi connectivity index (χ0v) is 14.1. The largest absolute Gasteiger partial charge is 0.452 e. The van der Waals surface area contributed by atoms with Crippen molar-refractivity contribution >= 4 is 56.4 Å². The Morgan fingerprint density at radius 1 is 1.10 bits per heavy atom. The highest BCUT2D eigenvalue weighted by molar-refractivity contribution is 9.08. The molecule has 0 aliphatic carbocycles. The van der Waals surface area contributed by atoms with E-state index in [0.717, 1.165) is 5.56 Å². The van der Waals surface area contributed by atoms with Crippen molar-refractivity contribution < 1.29 is 9.66 Å². The summed E-state index contributed by atoms with van der Waals surface area (Å²) in [6, 6.07) is 7.62. The van der Waals surface area contributed by atoms with Crippen molar-refractivity contribution in [1.82, 2.24) is 0 Å². The van der Waals surface area contributed by atoms with Gasteiger partial charge in [-0.05, 0) is 6.07 Å². The van der Waals surface area contributed by atoms with Crippen LogP contribution in [-0.2, 0) is 5.33 Å². The van der Waals surface area contributed by atoms with E-state index in [-0.39, 0.29) is 21.5 Å². The number of hydrogen-bond acceptors (Lipinski definition) is 3. The smallest absolute Gasteiger partial charge is 0.272 e.